The van der Waals surface area contributed by atoms with E-state index in [1.165, 1.54) is 231 Å². The predicted molar refractivity (Wildman–Crippen MR) is 400 cm³/mol. The number of carbonyl (C=O) groups excluding carboxylic acids is 4. The van der Waals surface area contributed by atoms with E-state index >= 15 is 0 Å². The van der Waals surface area contributed by atoms with E-state index in [1.807, 2.05) is 0 Å². The quantitative estimate of drug-likeness (QED) is 0.0222. The van der Waals surface area contributed by atoms with E-state index in [-0.39, 0.29) is 25.7 Å². The van der Waals surface area contributed by atoms with Gasteiger partial charge in [-0.2, -0.15) is 0 Å². The third-order valence-electron chi connectivity index (χ3n) is 18.5. The highest BCUT2D eigenvalue weighted by Gasteiger charge is 2.30. The van der Waals surface area contributed by atoms with E-state index in [4.69, 9.17) is 37.0 Å². The van der Waals surface area contributed by atoms with Gasteiger partial charge in [0.15, 0.2) is 12.2 Å². The summed E-state index contributed by atoms with van der Waals surface area (Å²) in [6.45, 7) is 9.61. The minimum absolute atomic E-state index is 0.105. The monoisotopic (exact) mass is 1440 g/mol. The topological polar surface area (TPSA) is 237 Å². The lowest BCUT2D eigenvalue weighted by molar-refractivity contribution is -0.161. The molecule has 19 heteroatoms. The first-order chi connectivity index (χ1) is 47.4. The summed E-state index contributed by atoms with van der Waals surface area (Å²) in [5, 5.41) is 10.6. The van der Waals surface area contributed by atoms with Crippen molar-refractivity contribution in [2.75, 3.05) is 39.6 Å². The Bertz CT molecular complexity index is 1890. The summed E-state index contributed by atoms with van der Waals surface area (Å²) in [6.07, 6.45) is 59.7. The number of esters is 4. The number of hydrogen-bond acceptors (Lipinski definition) is 15. The van der Waals surface area contributed by atoms with E-state index in [9.17, 15) is 43.2 Å². The van der Waals surface area contributed by atoms with Crippen LogP contribution in [0, 0.1) is 11.8 Å². The number of phosphoric acid groups is 2. The van der Waals surface area contributed by atoms with Crippen LogP contribution in [0.3, 0.4) is 0 Å². The van der Waals surface area contributed by atoms with Crippen molar-refractivity contribution >= 4 is 39.5 Å². The second-order valence-corrected chi connectivity index (χ2v) is 32.3. The molecule has 0 bridgehead atoms. The highest BCUT2D eigenvalue weighted by Crippen LogP contribution is 2.45. The summed E-state index contributed by atoms with van der Waals surface area (Å²) < 4.78 is 68.6. The lowest BCUT2D eigenvalue weighted by Gasteiger charge is -2.21. The molecule has 0 saturated carbocycles. The van der Waals surface area contributed by atoms with Crippen LogP contribution in [0.2, 0.25) is 0 Å². The Hall–Kier alpha value is -1.94. The number of aliphatic hydroxyl groups excluding tert-OH is 1. The molecule has 582 valence electrons. The zero-order valence-corrected chi connectivity index (χ0v) is 65.9. The zero-order valence-electron chi connectivity index (χ0n) is 64.1. The number of phosphoric ester groups is 2. The summed E-state index contributed by atoms with van der Waals surface area (Å²) in [5.41, 5.74) is 0. The summed E-state index contributed by atoms with van der Waals surface area (Å²) in [4.78, 5) is 72.9. The van der Waals surface area contributed by atoms with Gasteiger partial charge in [-0.15, -0.1) is 0 Å². The number of ether oxygens (including phenoxy) is 4. The van der Waals surface area contributed by atoms with Gasteiger partial charge in [-0.3, -0.25) is 37.3 Å². The van der Waals surface area contributed by atoms with Gasteiger partial charge < -0.3 is 33.8 Å². The van der Waals surface area contributed by atoms with Crippen molar-refractivity contribution in [1.29, 1.82) is 0 Å². The standard InChI is InChI=1S/C79H154O17P2/c1-7-9-11-13-15-17-19-20-25-29-33-37-44-50-56-62-77(82)90-67-74(95-78(83)63-57-51-45-38-34-30-27-24-22-21-23-26-28-32-35-41-47-53-59-71(3)4)69-93-97(85,86)91-65-73(80)66-92-98(87,88)94-70-75(96-79(84)64-58-52-46-40-39-42-48-54-60-72(5)6)68-89-76(81)61-55-49-43-36-31-18-16-14-12-10-8-2/h71-75,80H,7-70H2,1-6H3,(H,85,86)(H,87,88)/t73-,74-,75-/m1/s1. The Balaban J connectivity index is 5.21. The van der Waals surface area contributed by atoms with Crippen LogP contribution in [0.1, 0.15) is 414 Å². The molecule has 5 atom stereocenters. The van der Waals surface area contributed by atoms with Crippen molar-refractivity contribution in [2.24, 2.45) is 11.8 Å². The molecule has 0 aromatic heterocycles. The van der Waals surface area contributed by atoms with Crippen LogP contribution in [-0.4, -0.2) is 96.7 Å². The number of unbranched alkanes of at least 4 members (excludes halogenated alkanes) is 48. The molecule has 3 N–H and O–H groups in total. The van der Waals surface area contributed by atoms with Gasteiger partial charge >= 0.3 is 39.5 Å². The number of rotatable bonds is 78. The zero-order chi connectivity index (χ0) is 72.1. The molecule has 0 aromatic carbocycles. The second kappa shape index (κ2) is 70.7. The smallest absolute Gasteiger partial charge is 0.462 e. The molecular formula is C79H154O17P2. The van der Waals surface area contributed by atoms with Crippen molar-refractivity contribution in [3.63, 3.8) is 0 Å². The third kappa shape index (κ3) is 72.4. The first-order valence-corrected chi connectivity index (χ1v) is 44.0. The Kier molecular flexibility index (Phi) is 69.3. The fourth-order valence-corrected chi connectivity index (χ4v) is 13.8. The fraction of sp³-hybridized carbons (Fsp3) is 0.949. The maximum Gasteiger partial charge on any atom is 0.472 e. The highest BCUT2D eigenvalue weighted by atomic mass is 31.2. The fourth-order valence-electron chi connectivity index (χ4n) is 12.2. The molecular weight excluding hydrogens is 1280 g/mol. The molecule has 0 fully saturated rings. The van der Waals surface area contributed by atoms with Crippen molar-refractivity contribution in [2.45, 2.75) is 432 Å². The van der Waals surface area contributed by atoms with Crippen LogP contribution >= 0.6 is 15.6 Å². The molecule has 0 saturated heterocycles. The summed E-state index contributed by atoms with van der Waals surface area (Å²) >= 11 is 0. The normalized spacial score (nSPS) is 13.9. The molecule has 0 aliphatic heterocycles. The average molecular weight is 1440 g/mol. The van der Waals surface area contributed by atoms with Crippen LogP contribution in [-0.2, 0) is 65.4 Å². The van der Waals surface area contributed by atoms with Crippen molar-refractivity contribution in [3.05, 3.63) is 0 Å². The first-order valence-electron chi connectivity index (χ1n) is 41.0. The maximum absolute atomic E-state index is 13.1. The molecule has 0 aliphatic rings. The molecule has 0 aliphatic carbocycles. The van der Waals surface area contributed by atoms with Gasteiger partial charge in [-0.05, 0) is 37.5 Å². The maximum atomic E-state index is 13.1. The number of aliphatic hydroxyl groups is 1. The van der Waals surface area contributed by atoms with Crippen molar-refractivity contribution in [1.82, 2.24) is 0 Å². The van der Waals surface area contributed by atoms with Gasteiger partial charge in [0.1, 0.15) is 19.3 Å². The predicted octanol–water partition coefficient (Wildman–Crippen LogP) is 23.5. The van der Waals surface area contributed by atoms with E-state index < -0.39 is 97.5 Å². The Morgan fingerprint density at radius 2 is 0.469 bits per heavy atom. The van der Waals surface area contributed by atoms with Gasteiger partial charge in [0, 0.05) is 25.7 Å². The molecule has 0 rings (SSSR count). The Morgan fingerprint density at radius 3 is 0.694 bits per heavy atom. The van der Waals surface area contributed by atoms with E-state index in [2.05, 4.69) is 41.5 Å². The number of carbonyl (C=O) groups is 4. The summed E-state index contributed by atoms with van der Waals surface area (Å²) in [7, 11) is -9.91. The van der Waals surface area contributed by atoms with E-state index in [0.29, 0.717) is 25.7 Å². The largest absolute Gasteiger partial charge is 0.472 e. The van der Waals surface area contributed by atoms with Crippen LogP contribution in [0.25, 0.3) is 0 Å². The SMILES string of the molecule is CCCCCCCCCCCCCCCCCC(=O)OC[C@H](COP(=O)(O)OC[C@@H](O)COP(=O)(O)OC[C@@H](COC(=O)CCCCCCCCCCCCC)OC(=O)CCCCCCCCCCC(C)C)OC(=O)CCCCCCCCCCCCCCCCCCCCC(C)C. The Labute approximate surface area is 600 Å². The van der Waals surface area contributed by atoms with E-state index in [1.54, 1.807) is 0 Å². The van der Waals surface area contributed by atoms with Crippen molar-refractivity contribution in [3.8, 4) is 0 Å². The highest BCUT2D eigenvalue weighted by molar-refractivity contribution is 7.47. The lowest BCUT2D eigenvalue weighted by Crippen LogP contribution is -2.30. The molecule has 2 unspecified atom stereocenters. The molecule has 0 radical (unpaired) electrons. The molecule has 0 aromatic rings. The lowest BCUT2D eigenvalue weighted by atomic mass is 10.0. The van der Waals surface area contributed by atoms with Gasteiger partial charge in [0.05, 0.1) is 26.4 Å². The van der Waals surface area contributed by atoms with Crippen molar-refractivity contribution < 1.29 is 80.2 Å². The van der Waals surface area contributed by atoms with Crippen LogP contribution < -0.4 is 0 Å². The molecule has 0 heterocycles. The van der Waals surface area contributed by atoms with Gasteiger partial charge in [-0.25, -0.2) is 9.13 Å². The minimum atomic E-state index is -4.96. The summed E-state index contributed by atoms with van der Waals surface area (Å²) in [5.74, 6) is -0.573. The molecule has 98 heavy (non-hydrogen) atoms. The van der Waals surface area contributed by atoms with Gasteiger partial charge in [-0.1, -0.05) is 363 Å². The number of hydrogen-bond donors (Lipinski definition) is 3. The molecule has 0 amide bonds. The van der Waals surface area contributed by atoms with Crippen LogP contribution in [0.15, 0.2) is 0 Å². The molecule has 17 nitrogen and oxygen atoms in total. The Morgan fingerprint density at radius 1 is 0.276 bits per heavy atom. The van der Waals surface area contributed by atoms with Gasteiger partial charge in [0.2, 0.25) is 0 Å². The van der Waals surface area contributed by atoms with E-state index in [0.717, 1.165) is 102 Å². The third-order valence-corrected chi connectivity index (χ3v) is 20.4. The van der Waals surface area contributed by atoms with Crippen LogP contribution in [0.5, 0.6) is 0 Å². The summed E-state index contributed by atoms with van der Waals surface area (Å²) in [6, 6.07) is 0. The minimum Gasteiger partial charge on any atom is -0.462 e. The average Bonchev–Trinajstić information content (AvgIpc) is 1.10. The molecule has 0 spiro atoms. The second-order valence-electron chi connectivity index (χ2n) is 29.4. The first kappa shape index (κ1) is 96.1. The van der Waals surface area contributed by atoms with Gasteiger partial charge in [0.25, 0.3) is 0 Å². The van der Waals surface area contributed by atoms with Crippen LogP contribution in [0.4, 0.5) is 0 Å².